The summed E-state index contributed by atoms with van der Waals surface area (Å²) in [6, 6.07) is 4.14. The highest BCUT2D eigenvalue weighted by Gasteiger charge is 2.51. The van der Waals surface area contributed by atoms with E-state index in [1.54, 1.807) is 13.8 Å². The number of esters is 2. The van der Waals surface area contributed by atoms with Gasteiger partial charge in [-0.15, -0.1) is 0 Å². The first kappa shape index (κ1) is 20.6. The van der Waals surface area contributed by atoms with Gasteiger partial charge in [-0.25, -0.2) is 9.59 Å². The van der Waals surface area contributed by atoms with Gasteiger partial charge in [-0.3, -0.25) is 9.59 Å². The number of carboxylic acids is 1. The average Bonchev–Trinajstić information content (AvgIpc) is 3.29. The molecule has 2 aliphatic carbocycles. The van der Waals surface area contributed by atoms with Gasteiger partial charge >= 0.3 is 17.9 Å². The molecule has 1 saturated carbocycles. The first-order chi connectivity index (χ1) is 13.8. The molecular formula is C21H23NO7. The Balaban J connectivity index is 1.88. The molecule has 8 nitrogen and oxygen atoms in total. The Labute approximate surface area is 167 Å². The van der Waals surface area contributed by atoms with Gasteiger partial charge in [-0.1, -0.05) is 12.2 Å². The van der Waals surface area contributed by atoms with Gasteiger partial charge in [0.1, 0.15) is 0 Å². The van der Waals surface area contributed by atoms with Gasteiger partial charge in [0, 0.05) is 5.69 Å². The zero-order valence-corrected chi connectivity index (χ0v) is 16.2. The van der Waals surface area contributed by atoms with Crippen molar-refractivity contribution in [2.45, 2.75) is 20.3 Å². The van der Waals surface area contributed by atoms with Crippen LogP contribution >= 0.6 is 0 Å². The smallest absolute Gasteiger partial charge is 0.338 e. The van der Waals surface area contributed by atoms with E-state index >= 15 is 0 Å². The number of hydrogen-bond acceptors (Lipinski definition) is 6. The van der Waals surface area contributed by atoms with Gasteiger partial charge in [-0.05, 0) is 50.3 Å². The molecular weight excluding hydrogens is 378 g/mol. The summed E-state index contributed by atoms with van der Waals surface area (Å²) in [5.74, 6) is -4.53. The van der Waals surface area contributed by atoms with Crippen LogP contribution in [0.4, 0.5) is 5.69 Å². The summed E-state index contributed by atoms with van der Waals surface area (Å²) >= 11 is 0. The van der Waals surface area contributed by atoms with Crippen molar-refractivity contribution in [1.29, 1.82) is 0 Å². The van der Waals surface area contributed by atoms with Gasteiger partial charge in [-0.2, -0.15) is 0 Å². The Hall–Kier alpha value is -3.16. The number of carbonyl (C=O) groups excluding carboxylic acids is 3. The van der Waals surface area contributed by atoms with Crippen LogP contribution < -0.4 is 5.32 Å². The quantitative estimate of drug-likeness (QED) is 0.532. The second kappa shape index (κ2) is 8.46. The van der Waals surface area contributed by atoms with Gasteiger partial charge in [0.25, 0.3) is 0 Å². The van der Waals surface area contributed by atoms with Crippen molar-refractivity contribution in [2.75, 3.05) is 18.5 Å². The number of carbonyl (C=O) groups is 4. The van der Waals surface area contributed by atoms with Crippen molar-refractivity contribution in [3.05, 3.63) is 41.5 Å². The lowest BCUT2D eigenvalue weighted by Gasteiger charge is -2.24. The number of hydrogen-bond donors (Lipinski definition) is 2. The number of allylic oxidation sites excluding steroid dienone is 2. The van der Waals surface area contributed by atoms with Gasteiger partial charge < -0.3 is 19.9 Å². The van der Waals surface area contributed by atoms with Gasteiger partial charge in [0.2, 0.25) is 5.91 Å². The van der Waals surface area contributed by atoms with Crippen LogP contribution in [0.25, 0.3) is 0 Å². The van der Waals surface area contributed by atoms with Crippen molar-refractivity contribution in [3.63, 3.8) is 0 Å². The predicted octanol–water partition coefficient (Wildman–Crippen LogP) is 2.50. The molecule has 0 saturated heterocycles. The third kappa shape index (κ3) is 4.16. The molecule has 29 heavy (non-hydrogen) atoms. The molecule has 4 atom stereocenters. The SMILES string of the molecule is CCOC(=O)c1cc(NC(=O)C2C3C=CC(C3)C2C(=O)O)cc(C(=O)OCC)c1. The summed E-state index contributed by atoms with van der Waals surface area (Å²) in [6.45, 7) is 3.62. The topological polar surface area (TPSA) is 119 Å². The fourth-order valence-electron chi connectivity index (χ4n) is 4.11. The molecule has 154 valence electrons. The number of nitrogens with one attached hydrogen (secondary N) is 1. The highest BCUT2D eigenvalue weighted by Crippen LogP contribution is 2.48. The molecule has 1 fully saturated rings. The van der Waals surface area contributed by atoms with Crippen LogP contribution in [0.15, 0.2) is 30.4 Å². The van der Waals surface area contributed by atoms with Crippen molar-refractivity contribution < 1.29 is 33.8 Å². The van der Waals surface area contributed by atoms with E-state index in [4.69, 9.17) is 9.47 Å². The Morgan fingerprint density at radius 3 is 1.93 bits per heavy atom. The molecule has 2 bridgehead atoms. The monoisotopic (exact) mass is 401 g/mol. The highest BCUT2D eigenvalue weighted by molar-refractivity contribution is 6.01. The van der Waals surface area contributed by atoms with Crippen molar-refractivity contribution in [2.24, 2.45) is 23.7 Å². The largest absolute Gasteiger partial charge is 0.481 e. The molecule has 0 aliphatic heterocycles. The number of fused-ring (bicyclic) bond motifs is 2. The summed E-state index contributed by atoms with van der Waals surface area (Å²) < 4.78 is 9.96. The number of rotatable bonds is 7. The van der Waals surface area contributed by atoms with Crippen molar-refractivity contribution >= 4 is 29.5 Å². The lowest BCUT2D eigenvalue weighted by Crippen LogP contribution is -2.36. The minimum absolute atomic E-state index is 0.0929. The molecule has 2 aliphatic rings. The van der Waals surface area contributed by atoms with Gasteiger partial charge in [0.05, 0.1) is 36.2 Å². The minimum Gasteiger partial charge on any atom is -0.481 e. The molecule has 0 radical (unpaired) electrons. The second-order valence-corrected chi connectivity index (χ2v) is 7.07. The Morgan fingerprint density at radius 1 is 0.931 bits per heavy atom. The van der Waals surface area contributed by atoms with Crippen LogP contribution in [0.2, 0.25) is 0 Å². The number of aliphatic carboxylic acids is 1. The number of ether oxygens (including phenoxy) is 2. The molecule has 0 heterocycles. The maximum absolute atomic E-state index is 12.9. The maximum atomic E-state index is 12.9. The fraction of sp³-hybridized carbons (Fsp3) is 0.429. The molecule has 1 aromatic rings. The van der Waals surface area contributed by atoms with Crippen LogP contribution in [-0.2, 0) is 19.1 Å². The lowest BCUT2D eigenvalue weighted by atomic mass is 9.82. The average molecular weight is 401 g/mol. The van der Waals surface area contributed by atoms with E-state index in [-0.39, 0.29) is 41.9 Å². The zero-order chi connectivity index (χ0) is 21.1. The fourth-order valence-corrected chi connectivity index (χ4v) is 4.11. The van der Waals surface area contributed by atoms with E-state index in [1.165, 1.54) is 18.2 Å². The number of amides is 1. The molecule has 3 rings (SSSR count). The van der Waals surface area contributed by atoms with E-state index in [1.807, 2.05) is 12.2 Å². The van der Waals surface area contributed by atoms with E-state index < -0.39 is 35.7 Å². The predicted molar refractivity (Wildman–Crippen MR) is 102 cm³/mol. The maximum Gasteiger partial charge on any atom is 0.338 e. The molecule has 4 unspecified atom stereocenters. The van der Waals surface area contributed by atoms with Crippen LogP contribution in [0.3, 0.4) is 0 Å². The lowest BCUT2D eigenvalue weighted by molar-refractivity contribution is -0.146. The van der Waals surface area contributed by atoms with Crippen molar-refractivity contribution in [3.8, 4) is 0 Å². The minimum atomic E-state index is -1.01. The Kier molecular flexibility index (Phi) is 6.00. The van der Waals surface area contributed by atoms with E-state index in [9.17, 15) is 24.3 Å². The van der Waals surface area contributed by atoms with Crippen LogP contribution in [0.5, 0.6) is 0 Å². The molecule has 0 aromatic heterocycles. The van der Waals surface area contributed by atoms with E-state index in [0.29, 0.717) is 6.42 Å². The first-order valence-electron chi connectivity index (χ1n) is 9.57. The number of benzene rings is 1. The summed E-state index contributed by atoms with van der Waals surface area (Å²) in [5, 5.41) is 12.2. The summed E-state index contributed by atoms with van der Waals surface area (Å²) in [7, 11) is 0. The van der Waals surface area contributed by atoms with Crippen LogP contribution in [-0.4, -0.2) is 42.1 Å². The van der Waals surface area contributed by atoms with E-state index in [2.05, 4.69) is 5.32 Å². The van der Waals surface area contributed by atoms with E-state index in [0.717, 1.165) is 0 Å². The first-order valence-corrected chi connectivity index (χ1v) is 9.57. The second-order valence-electron chi connectivity index (χ2n) is 7.07. The third-order valence-corrected chi connectivity index (χ3v) is 5.27. The summed E-state index contributed by atoms with van der Waals surface area (Å²) in [5.41, 5.74) is 0.394. The van der Waals surface area contributed by atoms with Gasteiger partial charge in [0.15, 0.2) is 0 Å². The summed E-state index contributed by atoms with van der Waals surface area (Å²) in [6.07, 6.45) is 4.37. The molecule has 8 heteroatoms. The third-order valence-electron chi connectivity index (χ3n) is 5.27. The van der Waals surface area contributed by atoms with Crippen LogP contribution in [0, 0.1) is 23.7 Å². The Bertz CT molecular complexity index is 840. The zero-order valence-electron chi connectivity index (χ0n) is 16.2. The molecule has 2 N–H and O–H groups in total. The van der Waals surface area contributed by atoms with Crippen molar-refractivity contribution in [1.82, 2.24) is 0 Å². The normalized spacial score (nSPS) is 24.2. The number of anilines is 1. The molecule has 1 aromatic carbocycles. The highest BCUT2D eigenvalue weighted by atomic mass is 16.5. The number of carboxylic acid groups (broad SMARTS) is 1. The molecule has 1 amide bonds. The standard InChI is InChI=1S/C21H23NO7/c1-3-28-20(26)13-8-14(21(27)29-4-2)10-15(9-13)22-18(23)16-11-5-6-12(7-11)17(16)19(24)25/h5-6,8-12,16-17H,3-4,7H2,1-2H3,(H,22,23)(H,24,25). The van der Waals surface area contributed by atoms with Crippen LogP contribution in [0.1, 0.15) is 41.0 Å². The molecule has 0 spiro atoms. The Morgan fingerprint density at radius 2 is 1.45 bits per heavy atom. The summed E-state index contributed by atoms with van der Waals surface area (Å²) in [4.78, 5) is 48.8.